The fraction of sp³-hybridized carbons (Fsp3) is 0.316. The highest BCUT2D eigenvalue weighted by molar-refractivity contribution is 5.80. The van der Waals surface area contributed by atoms with E-state index in [0.29, 0.717) is 11.3 Å². The number of hydrogen-bond donors (Lipinski definition) is 0. The number of pyridine rings is 1. The van der Waals surface area contributed by atoms with Crippen LogP contribution in [0.25, 0.3) is 11.0 Å². The maximum Gasteiger partial charge on any atom is 0.328 e. The number of hydrogen-bond acceptors (Lipinski definition) is 4. The third kappa shape index (κ3) is 2.16. The Hall–Kier alpha value is -3.09. The number of benzene rings is 1. The summed E-state index contributed by atoms with van der Waals surface area (Å²) in [5.41, 5.74) is 3.31. The Balaban J connectivity index is 1.98. The standard InChI is InChI=1S/C19H19N3O4/c1-10-7-15-17(18(24)20(10)2)12(9-16(23)26-15)11-5-6-13-14(8-11)22(4)19(25)21(13)3/h5-8,12H,9H2,1-4H3/t12-/m0/s1. The number of aromatic nitrogens is 3. The van der Waals surface area contributed by atoms with Crippen LogP contribution in [0.3, 0.4) is 0 Å². The molecule has 1 aromatic carbocycles. The largest absolute Gasteiger partial charge is 0.426 e. The summed E-state index contributed by atoms with van der Waals surface area (Å²) in [6.07, 6.45) is 0.0948. The van der Waals surface area contributed by atoms with Gasteiger partial charge in [0.2, 0.25) is 0 Å². The number of imidazole rings is 1. The minimum atomic E-state index is -0.398. The van der Waals surface area contributed by atoms with Crippen LogP contribution in [0.1, 0.15) is 29.2 Å². The second-order valence-electron chi connectivity index (χ2n) is 6.81. The molecule has 0 saturated heterocycles. The van der Waals surface area contributed by atoms with E-state index in [9.17, 15) is 14.4 Å². The van der Waals surface area contributed by atoms with Crippen LogP contribution in [-0.2, 0) is 25.9 Å². The molecular formula is C19H19N3O4. The van der Waals surface area contributed by atoms with Gasteiger partial charge in [0, 0.05) is 38.8 Å². The first-order valence-electron chi connectivity index (χ1n) is 8.36. The quantitative estimate of drug-likeness (QED) is 0.619. The summed E-state index contributed by atoms with van der Waals surface area (Å²) >= 11 is 0. The summed E-state index contributed by atoms with van der Waals surface area (Å²) in [7, 11) is 5.13. The normalized spacial score (nSPS) is 16.6. The van der Waals surface area contributed by atoms with Crippen LogP contribution >= 0.6 is 0 Å². The first-order valence-corrected chi connectivity index (χ1v) is 8.36. The lowest BCUT2D eigenvalue weighted by Crippen LogP contribution is -2.32. The van der Waals surface area contributed by atoms with Gasteiger partial charge in [0.25, 0.3) is 5.56 Å². The van der Waals surface area contributed by atoms with Crippen molar-refractivity contribution in [2.45, 2.75) is 19.3 Å². The van der Waals surface area contributed by atoms with E-state index in [1.807, 2.05) is 18.2 Å². The fourth-order valence-corrected chi connectivity index (χ4v) is 3.67. The molecule has 0 fully saturated rings. The van der Waals surface area contributed by atoms with Gasteiger partial charge in [0.15, 0.2) is 0 Å². The number of carbonyl (C=O) groups excluding carboxylic acids is 1. The summed E-state index contributed by atoms with van der Waals surface area (Å²) in [4.78, 5) is 37.1. The van der Waals surface area contributed by atoms with Gasteiger partial charge >= 0.3 is 11.7 Å². The maximum absolute atomic E-state index is 12.8. The zero-order valence-corrected chi connectivity index (χ0v) is 15.1. The number of nitrogens with zero attached hydrogens (tertiary/aromatic N) is 3. The molecule has 134 valence electrons. The number of carbonyl (C=O) groups is 1. The number of fused-ring (bicyclic) bond motifs is 2. The molecule has 2 aromatic heterocycles. The molecule has 4 rings (SSSR count). The first kappa shape index (κ1) is 16.4. The number of esters is 1. The van der Waals surface area contributed by atoms with Crippen LogP contribution in [0.4, 0.5) is 0 Å². The lowest BCUT2D eigenvalue weighted by Gasteiger charge is -2.25. The molecule has 3 heterocycles. The van der Waals surface area contributed by atoms with Crippen LogP contribution in [0.5, 0.6) is 5.75 Å². The van der Waals surface area contributed by atoms with Gasteiger partial charge in [-0.1, -0.05) is 6.07 Å². The van der Waals surface area contributed by atoms with Crippen molar-refractivity contribution in [2.24, 2.45) is 21.1 Å². The molecule has 0 amide bonds. The highest BCUT2D eigenvalue weighted by Gasteiger charge is 2.32. The third-order valence-corrected chi connectivity index (χ3v) is 5.31. The third-order valence-electron chi connectivity index (χ3n) is 5.31. The summed E-state index contributed by atoms with van der Waals surface area (Å²) < 4.78 is 10.0. The second-order valence-corrected chi connectivity index (χ2v) is 6.81. The highest BCUT2D eigenvalue weighted by Crippen LogP contribution is 2.37. The molecule has 1 atom stereocenters. The average molecular weight is 353 g/mol. The molecule has 1 aliphatic rings. The summed E-state index contributed by atoms with van der Waals surface area (Å²) in [5, 5.41) is 0. The van der Waals surface area contributed by atoms with E-state index >= 15 is 0 Å². The van der Waals surface area contributed by atoms with Gasteiger partial charge in [-0.2, -0.15) is 0 Å². The van der Waals surface area contributed by atoms with Crippen molar-refractivity contribution in [1.29, 1.82) is 0 Å². The van der Waals surface area contributed by atoms with E-state index in [2.05, 4.69) is 0 Å². The zero-order chi connectivity index (χ0) is 18.7. The Kier molecular flexibility index (Phi) is 3.44. The molecule has 26 heavy (non-hydrogen) atoms. The molecule has 0 aliphatic carbocycles. The maximum atomic E-state index is 12.8. The SMILES string of the molecule is Cc1cc2c(c(=O)n1C)[C@H](c1ccc3c(c1)n(C)c(=O)n3C)CC(=O)O2. The average Bonchev–Trinajstić information content (AvgIpc) is 2.83. The predicted octanol–water partition coefficient (Wildman–Crippen LogP) is 1.33. The van der Waals surface area contributed by atoms with Gasteiger partial charge in [-0.05, 0) is 24.6 Å². The number of rotatable bonds is 1. The lowest BCUT2D eigenvalue weighted by atomic mass is 9.86. The van der Waals surface area contributed by atoms with E-state index in [-0.39, 0.29) is 23.6 Å². The van der Waals surface area contributed by atoms with Crippen molar-refractivity contribution in [1.82, 2.24) is 13.7 Å². The molecule has 0 N–H and O–H groups in total. The molecule has 7 nitrogen and oxygen atoms in total. The van der Waals surface area contributed by atoms with Gasteiger partial charge in [0.05, 0.1) is 23.0 Å². The summed E-state index contributed by atoms with van der Waals surface area (Å²) in [6, 6.07) is 7.32. The van der Waals surface area contributed by atoms with Gasteiger partial charge in [-0.25, -0.2) is 4.79 Å². The molecular weight excluding hydrogens is 334 g/mol. The Labute approximate surface area is 149 Å². The van der Waals surface area contributed by atoms with Crippen molar-refractivity contribution in [3.63, 3.8) is 0 Å². The predicted molar refractivity (Wildman–Crippen MR) is 96.7 cm³/mol. The van der Waals surface area contributed by atoms with Crippen molar-refractivity contribution in [3.05, 3.63) is 61.9 Å². The Morgan fingerprint density at radius 1 is 0.962 bits per heavy atom. The van der Waals surface area contributed by atoms with Crippen LogP contribution < -0.4 is 16.0 Å². The molecule has 0 radical (unpaired) electrons. The molecule has 0 unspecified atom stereocenters. The lowest BCUT2D eigenvalue weighted by molar-refractivity contribution is -0.135. The van der Waals surface area contributed by atoms with Gasteiger partial charge in [0.1, 0.15) is 5.75 Å². The Morgan fingerprint density at radius 2 is 1.65 bits per heavy atom. The van der Waals surface area contributed by atoms with Crippen molar-refractivity contribution in [2.75, 3.05) is 0 Å². The first-order chi connectivity index (χ1) is 12.3. The van der Waals surface area contributed by atoms with Crippen LogP contribution in [-0.4, -0.2) is 19.7 Å². The van der Waals surface area contributed by atoms with Crippen molar-refractivity contribution < 1.29 is 9.53 Å². The van der Waals surface area contributed by atoms with Gasteiger partial charge < -0.3 is 9.30 Å². The molecule has 3 aromatic rings. The minimum Gasteiger partial charge on any atom is -0.426 e. The zero-order valence-electron chi connectivity index (χ0n) is 15.1. The Morgan fingerprint density at radius 3 is 2.38 bits per heavy atom. The second kappa shape index (κ2) is 5.45. The topological polar surface area (TPSA) is 75.2 Å². The van der Waals surface area contributed by atoms with Crippen LogP contribution in [0, 0.1) is 6.92 Å². The monoisotopic (exact) mass is 353 g/mol. The minimum absolute atomic E-state index is 0.0948. The van der Waals surface area contributed by atoms with Gasteiger partial charge in [-0.3, -0.25) is 18.7 Å². The summed E-state index contributed by atoms with van der Waals surface area (Å²) in [5.74, 6) is -0.434. The highest BCUT2D eigenvalue weighted by atomic mass is 16.5. The molecule has 0 spiro atoms. The van der Waals surface area contributed by atoms with E-state index in [1.54, 1.807) is 47.8 Å². The van der Waals surface area contributed by atoms with Gasteiger partial charge in [-0.15, -0.1) is 0 Å². The number of ether oxygens (including phenoxy) is 1. The fourth-order valence-electron chi connectivity index (χ4n) is 3.67. The molecule has 0 bridgehead atoms. The van der Waals surface area contributed by atoms with Crippen molar-refractivity contribution >= 4 is 17.0 Å². The number of aryl methyl sites for hydroxylation is 3. The van der Waals surface area contributed by atoms with Crippen LogP contribution in [0.2, 0.25) is 0 Å². The molecule has 7 heteroatoms. The van der Waals surface area contributed by atoms with Crippen LogP contribution in [0.15, 0.2) is 33.9 Å². The van der Waals surface area contributed by atoms with Crippen molar-refractivity contribution in [3.8, 4) is 5.75 Å². The smallest absolute Gasteiger partial charge is 0.328 e. The van der Waals surface area contributed by atoms with E-state index in [0.717, 1.165) is 22.3 Å². The molecule has 0 saturated carbocycles. The van der Waals surface area contributed by atoms with E-state index in [4.69, 9.17) is 4.74 Å². The van der Waals surface area contributed by atoms with E-state index in [1.165, 1.54) is 0 Å². The molecule has 1 aliphatic heterocycles. The van der Waals surface area contributed by atoms with E-state index < -0.39 is 5.92 Å². The summed E-state index contributed by atoms with van der Waals surface area (Å²) in [6.45, 7) is 1.80. The Bertz CT molecular complexity index is 1200.